The maximum absolute atomic E-state index is 13.1. The molecule has 3 heterocycles. The van der Waals surface area contributed by atoms with Gasteiger partial charge in [-0.1, -0.05) is 30.3 Å². The number of pyridine rings is 1. The van der Waals surface area contributed by atoms with Crippen LogP contribution in [0.2, 0.25) is 0 Å². The van der Waals surface area contributed by atoms with Gasteiger partial charge in [-0.05, 0) is 56.2 Å². The van der Waals surface area contributed by atoms with Gasteiger partial charge in [0.25, 0.3) is 5.91 Å². The van der Waals surface area contributed by atoms with Gasteiger partial charge in [0, 0.05) is 36.1 Å². The Kier molecular flexibility index (Phi) is 6.08. The van der Waals surface area contributed by atoms with Gasteiger partial charge in [0.2, 0.25) is 0 Å². The third kappa shape index (κ3) is 4.17. The van der Waals surface area contributed by atoms with Crippen molar-refractivity contribution in [1.29, 1.82) is 0 Å². The van der Waals surface area contributed by atoms with Gasteiger partial charge in [0.1, 0.15) is 11.3 Å². The third-order valence-electron chi connectivity index (χ3n) is 6.22. The number of nitrogens with zero attached hydrogens (tertiary/aromatic N) is 4. The fraction of sp³-hybridized carbons (Fsp3) is 0.259. The molecule has 0 N–H and O–H groups in total. The van der Waals surface area contributed by atoms with E-state index >= 15 is 0 Å². The van der Waals surface area contributed by atoms with E-state index < -0.39 is 0 Å². The van der Waals surface area contributed by atoms with Crippen LogP contribution in [0.25, 0.3) is 28.2 Å². The molecule has 1 aliphatic rings. The molecule has 1 aliphatic heterocycles. The Hall–Kier alpha value is -4.00. The molecule has 4 aromatic rings. The molecular weight excluding hydrogens is 428 g/mol. The Morgan fingerprint density at radius 1 is 0.971 bits per heavy atom. The quantitative estimate of drug-likeness (QED) is 0.415. The van der Waals surface area contributed by atoms with E-state index in [9.17, 15) is 9.59 Å². The number of aromatic nitrogens is 3. The fourth-order valence-electron chi connectivity index (χ4n) is 4.45. The molecule has 0 saturated carbocycles. The molecule has 0 unspecified atom stereocenters. The summed E-state index contributed by atoms with van der Waals surface area (Å²) in [6, 6.07) is 21.4. The van der Waals surface area contributed by atoms with Gasteiger partial charge >= 0.3 is 5.97 Å². The lowest BCUT2D eigenvalue weighted by Gasteiger charge is -2.31. The molecule has 0 bridgehead atoms. The molecule has 7 nitrogen and oxygen atoms in total. The number of rotatable bonds is 5. The first-order valence-corrected chi connectivity index (χ1v) is 11.6. The van der Waals surface area contributed by atoms with Crippen LogP contribution >= 0.6 is 0 Å². The minimum Gasteiger partial charge on any atom is -0.466 e. The number of amides is 1. The van der Waals surface area contributed by atoms with E-state index in [1.165, 1.54) is 0 Å². The number of imidazole rings is 1. The lowest BCUT2D eigenvalue weighted by molar-refractivity contribution is -0.149. The van der Waals surface area contributed by atoms with Gasteiger partial charge in [-0.15, -0.1) is 0 Å². The van der Waals surface area contributed by atoms with Crippen LogP contribution in [0, 0.1) is 5.92 Å². The van der Waals surface area contributed by atoms with E-state index in [0.717, 1.165) is 28.2 Å². The second-order valence-electron chi connectivity index (χ2n) is 8.35. The zero-order chi connectivity index (χ0) is 23.5. The standard InChI is InChI=1S/C27H26N4O3/c1-2-34-27(33)21-14-17-30(18-15-21)26(32)20-10-12-22(13-11-20)31-24(19-7-4-3-5-8-19)29-23-9-6-16-28-25(23)31/h3-13,16,21H,2,14-15,17-18H2,1H3. The predicted molar refractivity (Wildman–Crippen MR) is 130 cm³/mol. The number of carbonyl (C=O) groups excluding carboxylic acids is 2. The summed E-state index contributed by atoms with van der Waals surface area (Å²) in [5.74, 6) is 0.499. The second-order valence-corrected chi connectivity index (χ2v) is 8.35. The summed E-state index contributed by atoms with van der Waals surface area (Å²) < 4.78 is 7.15. The van der Waals surface area contributed by atoms with E-state index in [2.05, 4.69) is 4.98 Å². The van der Waals surface area contributed by atoms with Crippen LogP contribution in [0.5, 0.6) is 0 Å². The maximum atomic E-state index is 13.1. The molecule has 2 aromatic carbocycles. The largest absolute Gasteiger partial charge is 0.466 e. The summed E-state index contributed by atoms with van der Waals surface area (Å²) in [6.07, 6.45) is 3.03. The summed E-state index contributed by atoms with van der Waals surface area (Å²) in [5.41, 5.74) is 4.08. The van der Waals surface area contributed by atoms with Crippen molar-refractivity contribution in [1.82, 2.24) is 19.4 Å². The van der Waals surface area contributed by atoms with Crippen LogP contribution in [0.1, 0.15) is 30.1 Å². The lowest BCUT2D eigenvalue weighted by atomic mass is 9.96. The molecule has 34 heavy (non-hydrogen) atoms. The third-order valence-corrected chi connectivity index (χ3v) is 6.22. The van der Waals surface area contributed by atoms with Crippen molar-refractivity contribution in [2.24, 2.45) is 5.92 Å². The highest BCUT2D eigenvalue weighted by atomic mass is 16.5. The van der Waals surface area contributed by atoms with Crippen molar-refractivity contribution >= 4 is 23.0 Å². The van der Waals surface area contributed by atoms with Gasteiger partial charge < -0.3 is 9.64 Å². The highest BCUT2D eigenvalue weighted by Gasteiger charge is 2.28. The molecule has 0 spiro atoms. The molecule has 0 aliphatic carbocycles. The Balaban J connectivity index is 1.39. The maximum Gasteiger partial charge on any atom is 0.309 e. The van der Waals surface area contributed by atoms with Crippen molar-refractivity contribution in [3.8, 4) is 17.1 Å². The Bertz CT molecular complexity index is 1310. The van der Waals surface area contributed by atoms with Gasteiger partial charge in [-0.2, -0.15) is 0 Å². The summed E-state index contributed by atoms with van der Waals surface area (Å²) in [7, 11) is 0. The van der Waals surface area contributed by atoms with Gasteiger partial charge in [-0.3, -0.25) is 14.2 Å². The van der Waals surface area contributed by atoms with Gasteiger partial charge in [-0.25, -0.2) is 9.97 Å². The number of benzene rings is 2. The molecule has 0 radical (unpaired) electrons. The van der Waals surface area contributed by atoms with Crippen LogP contribution in [-0.2, 0) is 9.53 Å². The van der Waals surface area contributed by atoms with Crippen LogP contribution in [-0.4, -0.2) is 51.0 Å². The summed E-state index contributed by atoms with van der Waals surface area (Å²) in [4.78, 5) is 36.2. The van der Waals surface area contributed by atoms with Crippen LogP contribution in [0.4, 0.5) is 0 Å². The van der Waals surface area contributed by atoms with E-state index in [4.69, 9.17) is 9.72 Å². The number of hydrogen-bond acceptors (Lipinski definition) is 5. The SMILES string of the molecule is CCOC(=O)C1CCN(C(=O)c2ccc(-n3c(-c4ccccc4)nc4cccnc43)cc2)CC1. The van der Waals surface area contributed by atoms with Crippen LogP contribution in [0.15, 0.2) is 72.9 Å². The molecule has 0 atom stereocenters. The summed E-state index contributed by atoms with van der Waals surface area (Å²) in [6.45, 7) is 3.31. The Morgan fingerprint density at radius 2 is 1.71 bits per heavy atom. The van der Waals surface area contributed by atoms with Gasteiger partial charge in [0.15, 0.2) is 5.65 Å². The number of hydrogen-bond donors (Lipinski definition) is 0. The minimum atomic E-state index is -0.158. The smallest absolute Gasteiger partial charge is 0.309 e. The van der Waals surface area contributed by atoms with Crippen molar-refractivity contribution in [2.45, 2.75) is 19.8 Å². The van der Waals surface area contributed by atoms with Crippen molar-refractivity contribution in [3.05, 3.63) is 78.5 Å². The zero-order valence-electron chi connectivity index (χ0n) is 19.1. The molecule has 172 valence electrons. The van der Waals surface area contributed by atoms with Gasteiger partial charge in [0.05, 0.1) is 12.5 Å². The number of ether oxygens (including phenoxy) is 1. The van der Waals surface area contributed by atoms with E-state index in [0.29, 0.717) is 38.1 Å². The molecule has 1 amide bonds. The number of fused-ring (bicyclic) bond motifs is 1. The predicted octanol–water partition coefficient (Wildman–Crippen LogP) is 4.50. The first kappa shape index (κ1) is 21.8. The summed E-state index contributed by atoms with van der Waals surface area (Å²) >= 11 is 0. The molecule has 1 saturated heterocycles. The monoisotopic (exact) mass is 454 g/mol. The topological polar surface area (TPSA) is 77.3 Å². The average molecular weight is 455 g/mol. The molecule has 5 rings (SSSR count). The van der Waals surface area contributed by atoms with Crippen molar-refractivity contribution < 1.29 is 14.3 Å². The average Bonchev–Trinajstić information content (AvgIpc) is 3.29. The lowest BCUT2D eigenvalue weighted by Crippen LogP contribution is -2.40. The van der Waals surface area contributed by atoms with E-state index in [1.807, 2.05) is 83.1 Å². The number of carbonyl (C=O) groups is 2. The van der Waals surface area contributed by atoms with E-state index in [-0.39, 0.29) is 17.8 Å². The summed E-state index contributed by atoms with van der Waals surface area (Å²) in [5, 5.41) is 0. The highest BCUT2D eigenvalue weighted by Crippen LogP contribution is 2.28. The minimum absolute atomic E-state index is 0.0224. The number of piperidine rings is 1. The zero-order valence-corrected chi connectivity index (χ0v) is 19.1. The normalized spacial score (nSPS) is 14.3. The Labute approximate surface area is 198 Å². The Morgan fingerprint density at radius 3 is 2.41 bits per heavy atom. The van der Waals surface area contributed by atoms with Crippen molar-refractivity contribution in [2.75, 3.05) is 19.7 Å². The van der Waals surface area contributed by atoms with E-state index in [1.54, 1.807) is 6.20 Å². The molecule has 1 fully saturated rings. The second kappa shape index (κ2) is 9.47. The molecule has 2 aromatic heterocycles. The highest BCUT2D eigenvalue weighted by molar-refractivity contribution is 5.94. The number of esters is 1. The molecular formula is C27H26N4O3. The van der Waals surface area contributed by atoms with Crippen LogP contribution in [0.3, 0.4) is 0 Å². The molecule has 7 heteroatoms. The fourth-order valence-corrected chi connectivity index (χ4v) is 4.45. The van der Waals surface area contributed by atoms with Crippen LogP contribution < -0.4 is 0 Å². The first-order valence-electron chi connectivity index (χ1n) is 11.6. The van der Waals surface area contributed by atoms with Crippen molar-refractivity contribution in [3.63, 3.8) is 0 Å². The first-order chi connectivity index (χ1) is 16.7. The number of likely N-dealkylation sites (tertiary alicyclic amines) is 1.